The number of benzene rings is 2. The van der Waals surface area contributed by atoms with Gasteiger partial charge in [-0.1, -0.05) is 24.3 Å². The van der Waals surface area contributed by atoms with Crippen molar-refractivity contribution in [3.05, 3.63) is 83.2 Å². The number of carbonyl (C=O) groups is 2. The number of anilines is 1. The first kappa shape index (κ1) is 21.4. The number of para-hydroxylation sites is 2. The third kappa shape index (κ3) is 4.42. The number of aryl methyl sites for hydroxylation is 1. The van der Waals surface area contributed by atoms with Crippen molar-refractivity contribution in [1.82, 2.24) is 9.88 Å². The van der Waals surface area contributed by atoms with Crippen molar-refractivity contribution in [2.75, 3.05) is 25.1 Å². The van der Waals surface area contributed by atoms with Crippen molar-refractivity contribution < 1.29 is 19.1 Å². The van der Waals surface area contributed by atoms with Gasteiger partial charge in [0.25, 0.3) is 11.8 Å². The van der Waals surface area contributed by atoms with Gasteiger partial charge in [-0.2, -0.15) is 0 Å². The molecule has 0 saturated heterocycles. The number of rotatable bonds is 6. The van der Waals surface area contributed by atoms with Crippen LogP contribution in [0.15, 0.2) is 60.9 Å². The molecule has 1 aliphatic heterocycles. The Morgan fingerprint density at radius 1 is 1.03 bits per heavy atom. The molecule has 0 fully saturated rings. The first-order valence-corrected chi connectivity index (χ1v) is 10.6. The number of hydrogen-bond acceptors (Lipinski definition) is 5. The largest absolute Gasteiger partial charge is 0.486 e. The van der Waals surface area contributed by atoms with Crippen molar-refractivity contribution >= 4 is 17.5 Å². The summed E-state index contributed by atoms with van der Waals surface area (Å²) in [5.41, 5.74) is 3.11. The van der Waals surface area contributed by atoms with E-state index >= 15 is 0 Å². The van der Waals surface area contributed by atoms with Gasteiger partial charge in [0, 0.05) is 36.6 Å². The summed E-state index contributed by atoms with van der Waals surface area (Å²) in [6.07, 6.45) is 3.12. The SMILES string of the molecule is CCN(Cc1cccc2c1OCCO2)C(=O)c1cccc(C)c1NC(=O)c1ccncc1. The fourth-order valence-electron chi connectivity index (χ4n) is 3.66. The molecule has 164 valence electrons. The summed E-state index contributed by atoms with van der Waals surface area (Å²) in [7, 11) is 0. The Kier molecular flexibility index (Phi) is 6.35. The van der Waals surface area contributed by atoms with Crippen LogP contribution in [0.3, 0.4) is 0 Å². The van der Waals surface area contributed by atoms with Gasteiger partial charge in [0.05, 0.1) is 11.3 Å². The first-order valence-electron chi connectivity index (χ1n) is 10.6. The van der Waals surface area contributed by atoms with Crippen LogP contribution in [0.4, 0.5) is 5.69 Å². The zero-order valence-corrected chi connectivity index (χ0v) is 18.1. The van der Waals surface area contributed by atoms with Crippen LogP contribution < -0.4 is 14.8 Å². The standard InChI is InChI=1S/C25H25N3O4/c1-3-28(16-19-7-5-9-21-23(19)32-15-14-31-21)25(30)20-8-4-6-17(2)22(20)27-24(29)18-10-12-26-13-11-18/h4-13H,3,14-16H2,1-2H3,(H,27,29). The van der Waals surface area contributed by atoms with Crippen LogP contribution in [-0.2, 0) is 6.54 Å². The van der Waals surface area contributed by atoms with E-state index in [2.05, 4.69) is 10.3 Å². The Morgan fingerprint density at radius 3 is 2.56 bits per heavy atom. The van der Waals surface area contributed by atoms with E-state index in [4.69, 9.17) is 9.47 Å². The van der Waals surface area contributed by atoms with E-state index in [0.717, 1.165) is 11.1 Å². The number of hydrogen-bond donors (Lipinski definition) is 1. The molecule has 2 amide bonds. The van der Waals surface area contributed by atoms with Gasteiger partial charge in [-0.25, -0.2) is 0 Å². The molecule has 0 unspecified atom stereocenters. The average Bonchev–Trinajstić information content (AvgIpc) is 2.84. The van der Waals surface area contributed by atoms with E-state index in [9.17, 15) is 9.59 Å². The molecule has 0 bridgehead atoms. The van der Waals surface area contributed by atoms with Gasteiger partial charge >= 0.3 is 0 Å². The second-order valence-corrected chi connectivity index (χ2v) is 7.45. The maximum atomic E-state index is 13.5. The second kappa shape index (κ2) is 9.51. The molecule has 0 saturated carbocycles. The lowest BCUT2D eigenvalue weighted by atomic mass is 10.1. The molecule has 2 heterocycles. The maximum Gasteiger partial charge on any atom is 0.256 e. The number of nitrogens with zero attached hydrogens (tertiary/aromatic N) is 2. The van der Waals surface area contributed by atoms with Gasteiger partial charge in [-0.05, 0) is 43.7 Å². The number of ether oxygens (including phenoxy) is 2. The lowest BCUT2D eigenvalue weighted by Crippen LogP contribution is -2.32. The van der Waals surface area contributed by atoms with E-state index in [-0.39, 0.29) is 11.8 Å². The predicted octanol–water partition coefficient (Wildman–Crippen LogP) is 4.08. The number of amides is 2. The van der Waals surface area contributed by atoms with Gasteiger partial charge in [0.15, 0.2) is 11.5 Å². The van der Waals surface area contributed by atoms with Crippen molar-refractivity contribution in [2.45, 2.75) is 20.4 Å². The lowest BCUT2D eigenvalue weighted by Gasteiger charge is -2.26. The van der Waals surface area contributed by atoms with Gasteiger partial charge < -0.3 is 19.7 Å². The Morgan fingerprint density at radius 2 is 1.78 bits per heavy atom. The minimum absolute atomic E-state index is 0.171. The molecular weight excluding hydrogens is 406 g/mol. The second-order valence-electron chi connectivity index (χ2n) is 7.45. The number of nitrogens with one attached hydrogen (secondary N) is 1. The Labute approximate surface area is 187 Å². The Bertz CT molecular complexity index is 1130. The van der Waals surface area contributed by atoms with E-state index < -0.39 is 0 Å². The Balaban J connectivity index is 1.61. The quantitative estimate of drug-likeness (QED) is 0.636. The van der Waals surface area contributed by atoms with E-state index in [0.29, 0.717) is 54.6 Å². The van der Waals surface area contributed by atoms with Crippen molar-refractivity contribution in [3.8, 4) is 11.5 Å². The zero-order valence-electron chi connectivity index (χ0n) is 18.1. The van der Waals surface area contributed by atoms with Crippen molar-refractivity contribution in [2.24, 2.45) is 0 Å². The minimum atomic E-state index is -0.290. The van der Waals surface area contributed by atoms with E-state index in [1.165, 1.54) is 0 Å². The molecule has 1 N–H and O–H groups in total. The summed E-state index contributed by atoms with van der Waals surface area (Å²) in [6, 6.07) is 14.4. The molecule has 1 aromatic heterocycles. The lowest BCUT2D eigenvalue weighted by molar-refractivity contribution is 0.0750. The highest BCUT2D eigenvalue weighted by atomic mass is 16.6. The number of aromatic nitrogens is 1. The van der Waals surface area contributed by atoms with Crippen LogP contribution in [0.2, 0.25) is 0 Å². The van der Waals surface area contributed by atoms with Crippen molar-refractivity contribution in [3.63, 3.8) is 0 Å². The topological polar surface area (TPSA) is 80.8 Å². The monoisotopic (exact) mass is 431 g/mol. The fourth-order valence-corrected chi connectivity index (χ4v) is 3.66. The predicted molar refractivity (Wildman–Crippen MR) is 121 cm³/mol. The third-order valence-electron chi connectivity index (χ3n) is 5.36. The van der Waals surface area contributed by atoms with Gasteiger partial charge in [0.1, 0.15) is 13.2 Å². The Hall–Kier alpha value is -3.87. The fraction of sp³-hybridized carbons (Fsp3) is 0.240. The molecule has 7 heteroatoms. The molecule has 0 spiro atoms. The summed E-state index contributed by atoms with van der Waals surface area (Å²) in [5, 5.41) is 2.91. The van der Waals surface area contributed by atoms with E-state index in [1.54, 1.807) is 35.5 Å². The average molecular weight is 431 g/mol. The van der Waals surface area contributed by atoms with Crippen LogP contribution in [-0.4, -0.2) is 41.5 Å². The highest BCUT2D eigenvalue weighted by Crippen LogP contribution is 2.34. The molecule has 2 aromatic carbocycles. The van der Waals surface area contributed by atoms with Crippen molar-refractivity contribution in [1.29, 1.82) is 0 Å². The van der Waals surface area contributed by atoms with Gasteiger partial charge in [0.2, 0.25) is 0 Å². The molecule has 7 nitrogen and oxygen atoms in total. The van der Waals surface area contributed by atoms with Gasteiger partial charge in [-0.3, -0.25) is 14.6 Å². The summed E-state index contributed by atoms with van der Waals surface area (Å²) in [4.78, 5) is 31.9. The molecule has 4 rings (SSSR count). The van der Waals surface area contributed by atoms with Crippen LogP contribution >= 0.6 is 0 Å². The van der Waals surface area contributed by atoms with Crippen LogP contribution in [0.5, 0.6) is 11.5 Å². The van der Waals surface area contributed by atoms with Crippen LogP contribution in [0, 0.1) is 6.92 Å². The number of carbonyl (C=O) groups excluding carboxylic acids is 2. The molecule has 32 heavy (non-hydrogen) atoms. The summed E-state index contributed by atoms with van der Waals surface area (Å²) >= 11 is 0. The molecule has 3 aromatic rings. The molecule has 1 aliphatic rings. The molecular formula is C25H25N3O4. The summed E-state index contributed by atoms with van der Waals surface area (Å²) in [5.74, 6) is 0.913. The number of pyridine rings is 1. The third-order valence-corrected chi connectivity index (χ3v) is 5.36. The van der Waals surface area contributed by atoms with E-state index in [1.807, 2.05) is 44.2 Å². The van der Waals surface area contributed by atoms with Crippen LogP contribution in [0.1, 0.15) is 38.8 Å². The minimum Gasteiger partial charge on any atom is -0.486 e. The normalized spacial score (nSPS) is 12.2. The zero-order chi connectivity index (χ0) is 22.5. The first-order chi connectivity index (χ1) is 15.6. The highest BCUT2D eigenvalue weighted by molar-refractivity contribution is 6.09. The molecule has 0 atom stereocenters. The van der Waals surface area contributed by atoms with Gasteiger partial charge in [-0.15, -0.1) is 0 Å². The summed E-state index contributed by atoms with van der Waals surface area (Å²) < 4.78 is 11.5. The maximum absolute atomic E-state index is 13.5. The summed E-state index contributed by atoms with van der Waals surface area (Å²) in [6.45, 7) is 5.65. The number of fused-ring (bicyclic) bond motifs is 1. The highest BCUT2D eigenvalue weighted by Gasteiger charge is 2.23. The molecule has 0 aliphatic carbocycles. The molecule has 0 radical (unpaired) electrons. The van der Waals surface area contributed by atoms with Crippen LogP contribution in [0.25, 0.3) is 0 Å². The smallest absolute Gasteiger partial charge is 0.256 e.